The summed E-state index contributed by atoms with van der Waals surface area (Å²) in [6, 6.07) is 6.89. The van der Waals surface area contributed by atoms with Crippen molar-refractivity contribution in [2.75, 3.05) is 18.9 Å². The third-order valence-corrected chi connectivity index (χ3v) is 7.94. The molecular weight excluding hydrogens is 500 g/mol. The molecule has 3 heterocycles. The summed E-state index contributed by atoms with van der Waals surface area (Å²) >= 11 is 0. The second-order valence-corrected chi connectivity index (χ2v) is 10.5. The van der Waals surface area contributed by atoms with Gasteiger partial charge in [-0.1, -0.05) is 13.0 Å². The molecule has 0 fully saturated rings. The second kappa shape index (κ2) is 10.0. The van der Waals surface area contributed by atoms with Crippen LogP contribution < -0.4 is 18.9 Å². The smallest absolute Gasteiger partial charge is 0.243 e. The molecule has 14 heteroatoms. The minimum absolute atomic E-state index is 0.0977. The Morgan fingerprint density at radius 1 is 1.11 bits per heavy atom. The van der Waals surface area contributed by atoms with Crippen LogP contribution >= 0.6 is 0 Å². The normalized spacial score (nSPS) is 13.2. The van der Waals surface area contributed by atoms with Crippen LogP contribution in [0.3, 0.4) is 0 Å². The number of aromatic nitrogens is 7. The topological polar surface area (TPSA) is 153 Å². The fraction of sp³-hybridized carbons (Fsp3) is 0.348. The number of rotatable bonds is 9. The fourth-order valence-electron chi connectivity index (χ4n) is 3.86. The van der Waals surface area contributed by atoms with Gasteiger partial charge in [0.25, 0.3) is 0 Å². The highest BCUT2D eigenvalue weighted by atomic mass is 32.2. The lowest BCUT2D eigenvalue weighted by Gasteiger charge is -2.21. The SMILES string of the molecule is COc1cccc(OC)c1-n1c(NS(=O)(=O)[C@H](C)[C@@H](C)c2cnc(C)c[n+]2[O-])nnc1-c1ccn(C)n1. The lowest BCUT2D eigenvalue weighted by Crippen LogP contribution is -2.39. The Bertz CT molecular complexity index is 1510. The number of hydrogen-bond donors (Lipinski definition) is 1. The van der Waals surface area contributed by atoms with Crippen molar-refractivity contribution in [2.45, 2.75) is 31.9 Å². The minimum Gasteiger partial charge on any atom is -0.618 e. The first-order valence-corrected chi connectivity index (χ1v) is 12.9. The van der Waals surface area contributed by atoms with E-state index in [0.29, 0.717) is 33.3 Å². The third kappa shape index (κ3) is 4.91. The van der Waals surface area contributed by atoms with Crippen LogP contribution in [0, 0.1) is 12.1 Å². The van der Waals surface area contributed by atoms with E-state index in [0.717, 1.165) is 0 Å². The molecule has 0 radical (unpaired) electrons. The highest BCUT2D eigenvalue weighted by Crippen LogP contribution is 2.37. The number of sulfonamides is 1. The van der Waals surface area contributed by atoms with Crippen molar-refractivity contribution in [3.05, 3.63) is 59.5 Å². The summed E-state index contributed by atoms with van der Waals surface area (Å²) in [6.07, 6.45) is 4.43. The van der Waals surface area contributed by atoms with Crippen molar-refractivity contribution in [2.24, 2.45) is 7.05 Å². The molecule has 1 aromatic carbocycles. The molecule has 1 N–H and O–H groups in total. The first kappa shape index (κ1) is 25.9. The zero-order valence-electron chi connectivity index (χ0n) is 21.3. The number of benzene rings is 1. The van der Waals surface area contributed by atoms with Crippen molar-refractivity contribution in [1.29, 1.82) is 0 Å². The Balaban J connectivity index is 1.82. The summed E-state index contributed by atoms with van der Waals surface area (Å²) < 4.78 is 44.4. The predicted molar refractivity (Wildman–Crippen MR) is 135 cm³/mol. The highest BCUT2D eigenvalue weighted by molar-refractivity contribution is 7.93. The van der Waals surface area contributed by atoms with Crippen LogP contribution in [0.4, 0.5) is 5.95 Å². The largest absolute Gasteiger partial charge is 0.618 e. The Kier molecular flexibility index (Phi) is 7.03. The van der Waals surface area contributed by atoms with E-state index in [1.54, 1.807) is 56.0 Å². The molecule has 4 rings (SSSR count). The zero-order chi connectivity index (χ0) is 26.9. The van der Waals surface area contributed by atoms with Crippen LogP contribution in [0.25, 0.3) is 17.2 Å². The molecule has 37 heavy (non-hydrogen) atoms. The molecule has 3 aromatic heterocycles. The van der Waals surface area contributed by atoms with Gasteiger partial charge in [0.2, 0.25) is 27.9 Å². The van der Waals surface area contributed by atoms with E-state index >= 15 is 0 Å². The van der Waals surface area contributed by atoms with Gasteiger partial charge in [0, 0.05) is 13.2 Å². The number of aryl methyl sites for hydroxylation is 2. The Morgan fingerprint density at radius 2 is 1.78 bits per heavy atom. The third-order valence-electron chi connectivity index (χ3n) is 6.08. The molecule has 0 spiro atoms. The number of hydrogen-bond acceptors (Lipinski definition) is 9. The van der Waals surface area contributed by atoms with Gasteiger partial charge >= 0.3 is 0 Å². The predicted octanol–water partition coefficient (Wildman–Crippen LogP) is 1.96. The number of methoxy groups -OCH3 is 2. The van der Waals surface area contributed by atoms with Gasteiger partial charge in [0.05, 0.1) is 31.6 Å². The van der Waals surface area contributed by atoms with Gasteiger partial charge in [0.15, 0.2) is 5.82 Å². The van der Waals surface area contributed by atoms with Gasteiger partial charge in [-0.15, -0.1) is 10.2 Å². The van der Waals surface area contributed by atoms with Crippen molar-refractivity contribution in [3.63, 3.8) is 0 Å². The van der Waals surface area contributed by atoms with Gasteiger partial charge in [-0.3, -0.25) is 14.0 Å². The molecule has 0 aliphatic carbocycles. The van der Waals surface area contributed by atoms with Crippen LogP contribution in [-0.2, 0) is 17.1 Å². The van der Waals surface area contributed by atoms with E-state index in [4.69, 9.17) is 9.47 Å². The van der Waals surface area contributed by atoms with E-state index in [1.165, 1.54) is 38.1 Å². The molecule has 13 nitrogen and oxygen atoms in total. The van der Waals surface area contributed by atoms with E-state index in [9.17, 15) is 13.6 Å². The number of nitrogens with one attached hydrogen (secondary N) is 1. The average Bonchev–Trinajstić information content (AvgIpc) is 3.47. The number of nitrogens with zero attached hydrogens (tertiary/aromatic N) is 7. The lowest BCUT2D eigenvalue weighted by molar-refractivity contribution is -0.616. The fourth-order valence-corrected chi connectivity index (χ4v) is 5.11. The van der Waals surface area contributed by atoms with Gasteiger partial charge in [-0.05, 0) is 32.0 Å². The maximum atomic E-state index is 13.5. The van der Waals surface area contributed by atoms with Crippen LogP contribution in [0.1, 0.15) is 31.2 Å². The maximum absolute atomic E-state index is 13.5. The van der Waals surface area contributed by atoms with Crippen LogP contribution in [-0.4, -0.2) is 57.4 Å². The van der Waals surface area contributed by atoms with E-state index in [-0.39, 0.29) is 17.5 Å². The summed E-state index contributed by atoms with van der Waals surface area (Å²) in [5.74, 6) is 0.282. The van der Waals surface area contributed by atoms with Crippen molar-refractivity contribution >= 4 is 16.0 Å². The van der Waals surface area contributed by atoms with Gasteiger partial charge in [-0.25, -0.2) is 13.4 Å². The number of ether oxygens (including phenoxy) is 2. The number of anilines is 1. The molecule has 2 atom stereocenters. The van der Waals surface area contributed by atoms with Crippen molar-refractivity contribution in [3.8, 4) is 28.7 Å². The maximum Gasteiger partial charge on any atom is 0.243 e. The first-order chi connectivity index (χ1) is 17.6. The molecule has 0 unspecified atom stereocenters. The van der Waals surface area contributed by atoms with Gasteiger partial charge < -0.3 is 14.7 Å². The minimum atomic E-state index is -4.08. The Morgan fingerprint density at radius 3 is 2.35 bits per heavy atom. The molecule has 4 aromatic rings. The number of para-hydroxylation sites is 1. The van der Waals surface area contributed by atoms with E-state index in [2.05, 4.69) is 25.0 Å². The molecular formula is C23H28N8O5S. The molecule has 0 bridgehead atoms. The Labute approximate surface area is 214 Å². The average molecular weight is 529 g/mol. The molecule has 0 aliphatic rings. The van der Waals surface area contributed by atoms with Crippen molar-refractivity contribution in [1.82, 2.24) is 29.5 Å². The van der Waals surface area contributed by atoms with E-state index < -0.39 is 21.2 Å². The highest BCUT2D eigenvalue weighted by Gasteiger charge is 2.34. The second-order valence-electron chi connectivity index (χ2n) is 8.49. The first-order valence-electron chi connectivity index (χ1n) is 11.3. The molecule has 0 saturated heterocycles. The summed E-state index contributed by atoms with van der Waals surface area (Å²) in [6.45, 7) is 4.84. The lowest BCUT2D eigenvalue weighted by atomic mass is 10.1. The summed E-state index contributed by atoms with van der Waals surface area (Å²) in [4.78, 5) is 4.14. The van der Waals surface area contributed by atoms with Crippen LogP contribution in [0.15, 0.2) is 42.9 Å². The summed E-state index contributed by atoms with van der Waals surface area (Å²) in [7, 11) is 0.652. The van der Waals surface area contributed by atoms with Crippen LogP contribution in [0.5, 0.6) is 11.5 Å². The standard InChI is InChI=1S/C23H28N8O5S/c1-14-13-30(32)18(12-24-14)15(2)16(3)37(33,34)28-23-26-25-22(17-10-11-29(4)27-17)31(23)21-19(35-5)8-7-9-20(21)36-6/h7-13,15-16H,1-6H3,(H,26,28)/t15-,16-/m1/s1. The quantitative estimate of drug-likeness (QED) is 0.254. The molecule has 0 aliphatic heterocycles. The summed E-state index contributed by atoms with van der Waals surface area (Å²) in [5.41, 5.74) is 1.59. The monoisotopic (exact) mass is 528 g/mol. The summed E-state index contributed by atoms with van der Waals surface area (Å²) in [5, 5.41) is 24.2. The zero-order valence-corrected chi connectivity index (χ0v) is 22.1. The van der Waals surface area contributed by atoms with Gasteiger partial charge in [0.1, 0.15) is 28.6 Å². The molecule has 196 valence electrons. The van der Waals surface area contributed by atoms with Crippen LogP contribution in [0.2, 0.25) is 0 Å². The Hall–Kier alpha value is -4.20. The molecule has 0 amide bonds. The van der Waals surface area contributed by atoms with Crippen molar-refractivity contribution < 1.29 is 22.6 Å². The van der Waals surface area contributed by atoms with E-state index in [1.807, 2.05) is 0 Å². The van der Waals surface area contributed by atoms with Gasteiger partial charge in [-0.2, -0.15) is 9.83 Å². The molecule has 0 saturated carbocycles.